The van der Waals surface area contributed by atoms with Crippen LogP contribution in [0.25, 0.3) is 0 Å². The molecule has 1 N–H and O–H groups in total. The fourth-order valence-corrected chi connectivity index (χ4v) is 2.64. The van der Waals surface area contributed by atoms with Gasteiger partial charge < -0.3 is 10.1 Å². The number of hydrogen-bond acceptors (Lipinski definition) is 3. The Bertz CT molecular complexity index is 719. The smallest absolute Gasteiger partial charge is 0.262 e. The lowest BCUT2D eigenvalue weighted by Crippen LogP contribution is -2.20. The van der Waals surface area contributed by atoms with Crippen LogP contribution >= 0.6 is 23.2 Å². The van der Waals surface area contributed by atoms with E-state index in [4.69, 9.17) is 27.9 Å². The highest BCUT2D eigenvalue weighted by Crippen LogP contribution is 2.31. The second kappa shape index (κ2) is 7.49. The number of hydrogen-bond donors (Lipinski definition) is 1. The summed E-state index contributed by atoms with van der Waals surface area (Å²) in [6.45, 7) is 3.10. The minimum atomic E-state index is -0.328. The van der Waals surface area contributed by atoms with E-state index in [-0.39, 0.29) is 18.3 Å². The lowest BCUT2D eigenvalue weighted by atomic mass is 10.1. The summed E-state index contributed by atoms with van der Waals surface area (Å²) in [5.41, 5.74) is 1.92. The van der Waals surface area contributed by atoms with E-state index in [1.54, 1.807) is 43.3 Å². The van der Waals surface area contributed by atoms with Crippen LogP contribution in [0.5, 0.6) is 5.75 Å². The minimum Gasteiger partial charge on any atom is -0.482 e. The van der Waals surface area contributed by atoms with Crippen molar-refractivity contribution in [2.45, 2.75) is 13.8 Å². The number of Topliss-reactive ketones (excluding diaryl/α,β-unsaturated/α-hetero) is 1. The summed E-state index contributed by atoms with van der Waals surface area (Å²) < 4.78 is 5.46. The minimum absolute atomic E-state index is 0.0286. The van der Waals surface area contributed by atoms with Crippen molar-refractivity contribution >= 4 is 40.6 Å². The summed E-state index contributed by atoms with van der Waals surface area (Å²) >= 11 is 11.9. The van der Waals surface area contributed by atoms with Crippen LogP contribution in [-0.2, 0) is 4.79 Å². The SMILES string of the molecule is CC(=O)c1ccc(NC(=O)COc2c(C)cc(Cl)cc2Cl)cc1. The van der Waals surface area contributed by atoms with Crippen molar-refractivity contribution in [3.05, 3.63) is 57.6 Å². The molecule has 0 aliphatic rings. The van der Waals surface area contributed by atoms with Gasteiger partial charge in [0, 0.05) is 16.3 Å². The molecule has 0 aliphatic carbocycles. The van der Waals surface area contributed by atoms with Gasteiger partial charge >= 0.3 is 0 Å². The zero-order valence-corrected chi connectivity index (χ0v) is 14.2. The summed E-state index contributed by atoms with van der Waals surface area (Å²) in [4.78, 5) is 23.1. The predicted octanol–water partition coefficient (Wildman–Crippen LogP) is 4.52. The molecule has 0 radical (unpaired) electrons. The lowest BCUT2D eigenvalue weighted by Gasteiger charge is -2.11. The van der Waals surface area contributed by atoms with Gasteiger partial charge in [0.25, 0.3) is 5.91 Å². The quantitative estimate of drug-likeness (QED) is 0.805. The monoisotopic (exact) mass is 351 g/mol. The third kappa shape index (κ3) is 4.71. The van der Waals surface area contributed by atoms with E-state index in [0.717, 1.165) is 5.56 Å². The highest BCUT2D eigenvalue weighted by atomic mass is 35.5. The number of aryl methyl sites for hydroxylation is 1. The van der Waals surface area contributed by atoms with Gasteiger partial charge in [0.15, 0.2) is 12.4 Å². The number of rotatable bonds is 5. The molecule has 0 saturated carbocycles. The molecule has 0 unspecified atom stereocenters. The van der Waals surface area contributed by atoms with Crippen molar-refractivity contribution in [1.29, 1.82) is 0 Å². The molecule has 2 rings (SSSR count). The third-order valence-electron chi connectivity index (χ3n) is 3.12. The lowest BCUT2D eigenvalue weighted by molar-refractivity contribution is -0.118. The van der Waals surface area contributed by atoms with Crippen LogP contribution in [0.3, 0.4) is 0 Å². The van der Waals surface area contributed by atoms with Gasteiger partial charge in [-0.15, -0.1) is 0 Å². The Morgan fingerprint density at radius 2 is 1.78 bits per heavy atom. The van der Waals surface area contributed by atoms with Gasteiger partial charge in [0.1, 0.15) is 5.75 Å². The molecule has 0 heterocycles. The van der Waals surface area contributed by atoms with E-state index < -0.39 is 0 Å². The Kier molecular flexibility index (Phi) is 5.64. The number of carbonyl (C=O) groups excluding carboxylic acids is 2. The van der Waals surface area contributed by atoms with Crippen LogP contribution in [0, 0.1) is 6.92 Å². The Labute approximate surface area is 144 Å². The predicted molar refractivity (Wildman–Crippen MR) is 91.8 cm³/mol. The van der Waals surface area contributed by atoms with Gasteiger partial charge in [-0.25, -0.2) is 0 Å². The van der Waals surface area contributed by atoms with Crippen LogP contribution in [0.4, 0.5) is 5.69 Å². The number of halogens is 2. The van der Waals surface area contributed by atoms with Crippen molar-refractivity contribution in [2.24, 2.45) is 0 Å². The highest BCUT2D eigenvalue weighted by Gasteiger charge is 2.10. The molecule has 1 amide bonds. The molecule has 0 saturated heterocycles. The fraction of sp³-hybridized carbons (Fsp3) is 0.176. The number of anilines is 1. The summed E-state index contributed by atoms with van der Waals surface area (Å²) in [5, 5.41) is 3.55. The van der Waals surface area contributed by atoms with E-state index in [9.17, 15) is 9.59 Å². The molecule has 6 heteroatoms. The Morgan fingerprint density at radius 1 is 1.13 bits per heavy atom. The van der Waals surface area contributed by atoms with Crippen LogP contribution in [0.15, 0.2) is 36.4 Å². The molecule has 4 nitrogen and oxygen atoms in total. The summed E-state index contributed by atoms with van der Waals surface area (Å²) in [6.07, 6.45) is 0. The first-order chi connectivity index (χ1) is 10.9. The summed E-state index contributed by atoms with van der Waals surface area (Å²) in [5.74, 6) is 0.0724. The van der Waals surface area contributed by atoms with Crippen LogP contribution < -0.4 is 10.1 Å². The first-order valence-corrected chi connectivity index (χ1v) is 7.61. The Morgan fingerprint density at radius 3 is 2.35 bits per heavy atom. The number of ether oxygens (including phenoxy) is 1. The standard InChI is InChI=1S/C17H15Cl2NO3/c1-10-7-13(18)8-15(19)17(10)23-9-16(22)20-14-5-3-12(4-6-14)11(2)21/h3-8H,9H2,1-2H3,(H,20,22). The van der Waals surface area contributed by atoms with Crippen LogP contribution in [0.2, 0.25) is 10.0 Å². The molecular weight excluding hydrogens is 337 g/mol. The van der Waals surface area contributed by atoms with Gasteiger partial charge in [-0.3, -0.25) is 9.59 Å². The van der Waals surface area contributed by atoms with Crippen molar-refractivity contribution in [2.75, 3.05) is 11.9 Å². The van der Waals surface area contributed by atoms with Gasteiger partial charge in [0.05, 0.1) is 5.02 Å². The first kappa shape index (κ1) is 17.3. The molecule has 0 aromatic heterocycles. The molecular formula is C17H15Cl2NO3. The van der Waals surface area contributed by atoms with Crippen molar-refractivity contribution < 1.29 is 14.3 Å². The summed E-state index contributed by atoms with van der Waals surface area (Å²) in [7, 11) is 0. The van der Waals surface area contributed by atoms with E-state index in [1.165, 1.54) is 6.92 Å². The number of nitrogens with one attached hydrogen (secondary N) is 1. The molecule has 2 aromatic rings. The van der Waals surface area contributed by atoms with Gasteiger partial charge in [-0.2, -0.15) is 0 Å². The third-order valence-corrected chi connectivity index (χ3v) is 3.62. The largest absolute Gasteiger partial charge is 0.482 e. The average Bonchev–Trinajstić information content (AvgIpc) is 2.46. The topological polar surface area (TPSA) is 55.4 Å². The molecule has 0 spiro atoms. The van der Waals surface area contributed by atoms with E-state index in [0.29, 0.717) is 27.0 Å². The summed E-state index contributed by atoms with van der Waals surface area (Å²) in [6, 6.07) is 9.90. The average molecular weight is 352 g/mol. The van der Waals surface area contributed by atoms with Crippen LogP contribution in [-0.4, -0.2) is 18.3 Å². The molecule has 0 bridgehead atoms. The zero-order chi connectivity index (χ0) is 17.0. The van der Waals surface area contributed by atoms with E-state index >= 15 is 0 Å². The normalized spacial score (nSPS) is 10.3. The Balaban J connectivity index is 1.96. The number of ketones is 1. The van der Waals surface area contributed by atoms with Gasteiger partial charge in [0.2, 0.25) is 0 Å². The fourth-order valence-electron chi connectivity index (χ4n) is 1.99. The second-order valence-electron chi connectivity index (χ2n) is 5.00. The molecule has 0 aliphatic heterocycles. The zero-order valence-electron chi connectivity index (χ0n) is 12.7. The molecule has 120 valence electrons. The maximum Gasteiger partial charge on any atom is 0.262 e. The molecule has 0 fully saturated rings. The van der Waals surface area contributed by atoms with Gasteiger partial charge in [-0.05, 0) is 55.8 Å². The van der Waals surface area contributed by atoms with Gasteiger partial charge in [-0.1, -0.05) is 23.2 Å². The van der Waals surface area contributed by atoms with Crippen LogP contribution in [0.1, 0.15) is 22.8 Å². The number of amides is 1. The maximum absolute atomic E-state index is 11.9. The Hall–Kier alpha value is -2.04. The number of benzene rings is 2. The molecule has 2 aromatic carbocycles. The van der Waals surface area contributed by atoms with E-state index in [2.05, 4.69) is 5.32 Å². The van der Waals surface area contributed by atoms with Crippen molar-refractivity contribution in [1.82, 2.24) is 0 Å². The molecule has 23 heavy (non-hydrogen) atoms. The molecule has 0 atom stereocenters. The van der Waals surface area contributed by atoms with Crippen molar-refractivity contribution in [3.8, 4) is 5.75 Å². The first-order valence-electron chi connectivity index (χ1n) is 6.86. The maximum atomic E-state index is 11.9. The highest BCUT2D eigenvalue weighted by molar-refractivity contribution is 6.35. The second-order valence-corrected chi connectivity index (χ2v) is 5.85. The van der Waals surface area contributed by atoms with E-state index in [1.807, 2.05) is 0 Å². The van der Waals surface area contributed by atoms with Crippen molar-refractivity contribution in [3.63, 3.8) is 0 Å². The number of carbonyl (C=O) groups is 2.